The molecular weight excluding hydrogens is 96.0 g/mol. The second-order valence-corrected chi connectivity index (χ2v) is 1.51. The van der Waals surface area contributed by atoms with E-state index in [1.165, 1.54) is 0 Å². The van der Waals surface area contributed by atoms with Gasteiger partial charge in [-0.15, -0.1) is 0 Å². The van der Waals surface area contributed by atoms with Crippen LogP contribution in [-0.2, 0) is 9.53 Å². The van der Waals surface area contributed by atoms with Gasteiger partial charge in [-0.3, -0.25) is 4.79 Å². The van der Waals surface area contributed by atoms with Gasteiger partial charge in [-0.1, -0.05) is 0 Å². The van der Waals surface area contributed by atoms with E-state index in [1.54, 1.807) is 0 Å². The van der Waals surface area contributed by atoms with E-state index in [2.05, 4.69) is 4.74 Å². The van der Waals surface area contributed by atoms with Gasteiger partial charge in [-0.25, -0.2) is 0 Å². The number of aliphatic hydroxyl groups is 1. The number of carbonyl (C=O) groups is 1. The molecule has 3 nitrogen and oxygen atoms in total. The van der Waals surface area contributed by atoms with Crippen LogP contribution in [0.25, 0.3) is 0 Å². The largest absolute Gasteiger partial charge is 0.368 e. The molecule has 1 fully saturated rings. The molecule has 0 aliphatic carbocycles. The Morgan fingerprint density at radius 1 is 1.86 bits per heavy atom. The van der Waals surface area contributed by atoms with Crippen LogP contribution in [0.2, 0.25) is 0 Å². The third-order valence-electron chi connectivity index (χ3n) is 0.839. The molecule has 1 rings (SSSR count). The lowest BCUT2D eigenvalue weighted by Gasteiger charge is -1.92. The van der Waals surface area contributed by atoms with Crippen molar-refractivity contribution in [3.63, 3.8) is 0 Å². The van der Waals surface area contributed by atoms with Crippen molar-refractivity contribution in [2.24, 2.45) is 0 Å². The summed E-state index contributed by atoms with van der Waals surface area (Å²) in [5.74, 6) is -0.0208. The van der Waals surface area contributed by atoms with E-state index in [4.69, 9.17) is 5.11 Å². The summed E-state index contributed by atoms with van der Waals surface area (Å²) in [6, 6.07) is 0. The number of rotatable bonds is 0. The van der Waals surface area contributed by atoms with Gasteiger partial charge in [0.25, 0.3) is 0 Å². The lowest BCUT2D eigenvalue weighted by atomic mass is 10.3. The summed E-state index contributed by atoms with van der Waals surface area (Å²) in [5.41, 5.74) is 0. The molecule has 0 bridgehead atoms. The molecule has 0 spiro atoms. The van der Waals surface area contributed by atoms with E-state index in [1.807, 2.05) is 0 Å². The first kappa shape index (κ1) is 4.74. The Bertz CT molecular complexity index is 88.9. The van der Waals surface area contributed by atoms with Crippen molar-refractivity contribution in [1.82, 2.24) is 0 Å². The zero-order valence-corrected chi connectivity index (χ0v) is 3.76. The van der Waals surface area contributed by atoms with Gasteiger partial charge in [0, 0.05) is 0 Å². The van der Waals surface area contributed by atoms with Crippen LogP contribution in [0.15, 0.2) is 0 Å². The van der Waals surface area contributed by atoms with E-state index < -0.39 is 6.29 Å². The number of Topliss-reactive ketones (excluding diaryl/α,β-unsaturated/α-hetero) is 1. The molecule has 1 atom stereocenters. The summed E-state index contributed by atoms with van der Waals surface area (Å²) in [6.45, 7) is 0.0845. The molecule has 0 saturated carbocycles. The SMILES string of the molecule is O=C1COC(O)C1. The van der Waals surface area contributed by atoms with Crippen LogP contribution in [0.4, 0.5) is 0 Å². The fraction of sp³-hybridized carbons (Fsp3) is 0.750. The Morgan fingerprint density at radius 2 is 2.57 bits per heavy atom. The molecule has 1 heterocycles. The highest BCUT2D eigenvalue weighted by molar-refractivity contribution is 5.81. The summed E-state index contributed by atoms with van der Waals surface area (Å²) < 4.78 is 4.47. The minimum Gasteiger partial charge on any atom is -0.368 e. The smallest absolute Gasteiger partial charge is 0.163 e. The van der Waals surface area contributed by atoms with E-state index in [9.17, 15) is 4.79 Å². The van der Waals surface area contributed by atoms with Gasteiger partial charge in [-0.2, -0.15) is 0 Å². The lowest BCUT2D eigenvalue weighted by molar-refractivity contribution is -0.118. The van der Waals surface area contributed by atoms with Gasteiger partial charge in [0.05, 0.1) is 6.42 Å². The predicted octanol–water partition coefficient (Wildman–Crippen LogP) is -0.706. The van der Waals surface area contributed by atoms with Crippen LogP contribution < -0.4 is 0 Å². The standard InChI is InChI=1S/C4H6O3/c5-3-1-4(6)7-2-3/h4,6H,1-2H2. The van der Waals surface area contributed by atoms with Crippen LogP contribution >= 0.6 is 0 Å². The second-order valence-electron chi connectivity index (χ2n) is 1.51. The lowest BCUT2D eigenvalue weighted by Crippen LogP contribution is -2.00. The van der Waals surface area contributed by atoms with E-state index in [0.717, 1.165) is 0 Å². The summed E-state index contributed by atoms with van der Waals surface area (Å²) in [6.07, 6.45) is -0.660. The number of ketones is 1. The summed E-state index contributed by atoms with van der Waals surface area (Å²) in [5, 5.41) is 8.46. The molecule has 0 amide bonds. The van der Waals surface area contributed by atoms with Crippen LogP contribution in [0, 0.1) is 0 Å². The number of ether oxygens (including phenoxy) is 1. The average molecular weight is 102 g/mol. The van der Waals surface area contributed by atoms with Crippen molar-refractivity contribution in [2.75, 3.05) is 6.61 Å². The normalized spacial score (nSPS) is 31.6. The molecule has 3 heteroatoms. The van der Waals surface area contributed by atoms with Crippen molar-refractivity contribution < 1.29 is 14.6 Å². The monoisotopic (exact) mass is 102 g/mol. The maximum absolute atomic E-state index is 10.2. The zero-order chi connectivity index (χ0) is 5.28. The molecular formula is C4H6O3. The first-order valence-corrected chi connectivity index (χ1v) is 2.10. The maximum Gasteiger partial charge on any atom is 0.163 e. The average Bonchev–Trinajstić information content (AvgIpc) is 1.87. The Kier molecular flexibility index (Phi) is 1.08. The topological polar surface area (TPSA) is 46.5 Å². The molecule has 0 aromatic carbocycles. The third-order valence-corrected chi connectivity index (χ3v) is 0.839. The highest BCUT2D eigenvalue weighted by Gasteiger charge is 2.18. The first-order chi connectivity index (χ1) is 3.29. The number of carbonyl (C=O) groups excluding carboxylic acids is 1. The van der Waals surface area contributed by atoms with Crippen molar-refractivity contribution in [1.29, 1.82) is 0 Å². The Balaban J connectivity index is 2.40. The molecule has 1 aliphatic heterocycles. The molecule has 1 aliphatic rings. The van der Waals surface area contributed by atoms with Gasteiger partial charge in [0.15, 0.2) is 12.1 Å². The highest BCUT2D eigenvalue weighted by Crippen LogP contribution is 2.03. The molecule has 0 aromatic rings. The minimum atomic E-state index is -0.826. The molecule has 0 aromatic heterocycles. The number of hydrogen-bond acceptors (Lipinski definition) is 3. The highest BCUT2D eigenvalue weighted by atomic mass is 16.6. The van der Waals surface area contributed by atoms with Crippen molar-refractivity contribution >= 4 is 5.78 Å². The van der Waals surface area contributed by atoms with Gasteiger partial charge < -0.3 is 9.84 Å². The third kappa shape index (κ3) is 0.976. The molecule has 0 radical (unpaired) electrons. The van der Waals surface area contributed by atoms with Gasteiger partial charge in [-0.05, 0) is 0 Å². The fourth-order valence-corrected chi connectivity index (χ4v) is 0.502. The van der Waals surface area contributed by atoms with E-state index in [0.29, 0.717) is 0 Å². The molecule has 1 N–H and O–H groups in total. The molecule has 7 heavy (non-hydrogen) atoms. The Morgan fingerprint density at radius 3 is 2.71 bits per heavy atom. The van der Waals surface area contributed by atoms with Crippen molar-refractivity contribution in [2.45, 2.75) is 12.7 Å². The zero-order valence-electron chi connectivity index (χ0n) is 3.76. The summed E-state index contributed by atoms with van der Waals surface area (Å²) in [7, 11) is 0. The van der Waals surface area contributed by atoms with E-state index in [-0.39, 0.29) is 18.8 Å². The van der Waals surface area contributed by atoms with Crippen LogP contribution in [0.1, 0.15) is 6.42 Å². The molecule has 40 valence electrons. The van der Waals surface area contributed by atoms with E-state index >= 15 is 0 Å². The number of hydrogen-bond donors (Lipinski definition) is 1. The predicted molar refractivity (Wildman–Crippen MR) is 21.6 cm³/mol. The second kappa shape index (κ2) is 1.60. The molecule has 1 unspecified atom stereocenters. The Hall–Kier alpha value is -0.410. The van der Waals surface area contributed by atoms with Gasteiger partial charge in [0.2, 0.25) is 0 Å². The minimum absolute atomic E-state index is 0.0208. The Labute approximate surface area is 40.9 Å². The summed E-state index contributed by atoms with van der Waals surface area (Å²) >= 11 is 0. The maximum atomic E-state index is 10.2. The fourth-order valence-electron chi connectivity index (χ4n) is 0.502. The van der Waals surface area contributed by atoms with Crippen LogP contribution in [0.5, 0.6) is 0 Å². The quantitative estimate of drug-likeness (QED) is 0.439. The molecule has 1 saturated heterocycles. The first-order valence-electron chi connectivity index (χ1n) is 2.10. The van der Waals surface area contributed by atoms with Gasteiger partial charge in [0.1, 0.15) is 6.61 Å². The van der Waals surface area contributed by atoms with Crippen molar-refractivity contribution in [3.8, 4) is 0 Å². The van der Waals surface area contributed by atoms with Crippen molar-refractivity contribution in [3.05, 3.63) is 0 Å². The summed E-state index contributed by atoms with van der Waals surface area (Å²) in [4.78, 5) is 10.2. The number of aliphatic hydroxyl groups excluding tert-OH is 1. The van der Waals surface area contributed by atoms with Gasteiger partial charge >= 0.3 is 0 Å². The van der Waals surface area contributed by atoms with Crippen LogP contribution in [0.3, 0.4) is 0 Å². The van der Waals surface area contributed by atoms with Crippen LogP contribution in [-0.4, -0.2) is 23.8 Å².